The maximum absolute atomic E-state index is 11.6. The second-order valence-corrected chi connectivity index (χ2v) is 12.8. The molecule has 0 aliphatic carbocycles. The van der Waals surface area contributed by atoms with Crippen molar-refractivity contribution in [3.05, 3.63) is 101 Å². The number of fused-ring (bicyclic) bond motifs is 2. The quantitative estimate of drug-likeness (QED) is 0.241. The Morgan fingerprint density at radius 2 is 1.57 bits per heavy atom. The zero-order chi connectivity index (χ0) is 31.0. The third kappa shape index (κ3) is 5.86. The Morgan fingerprint density at radius 1 is 0.905 bits per heavy atom. The van der Waals surface area contributed by atoms with E-state index in [0.29, 0.717) is 16.9 Å². The summed E-state index contributed by atoms with van der Waals surface area (Å²) in [6.45, 7) is 9.36. The predicted octanol–water partition coefficient (Wildman–Crippen LogP) is 4.79. The number of benzene rings is 2. The van der Waals surface area contributed by atoms with Crippen LogP contribution in [0.15, 0.2) is 89.5 Å². The lowest BCUT2D eigenvalue weighted by Crippen LogP contribution is -2.30. The summed E-state index contributed by atoms with van der Waals surface area (Å²) in [4.78, 5) is 24.5. The Bertz CT molecular complexity index is 1720. The summed E-state index contributed by atoms with van der Waals surface area (Å²) in [6, 6.07) is 10.0. The monoisotopic (exact) mass is 590 g/mol. The smallest absolute Gasteiger partial charge is 0.370 e. The summed E-state index contributed by atoms with van der Waals surface area (Å²) in [5.74, 6) is -1.97. The lowest BCUT2D eigenvalue weighted by molar-refractivity contribution is -0.428. The number of carboxylic acid groups (broad SMARTS) is 2. The first-order valence-corrected chi connectivity index (χ1v) is 14.8. The molecule has 0 fully saturated rings. The number of carbonyl (C=O) groups is 2. The molecule has 2 aliphatic rings. The molecule has 0 atom stereocenters. The second-order valence-electron chi connectivity index (χ2n) is 11.4. The highest BCUT2D eigenvalue weighted by Crippen LogP contribution is 2.48. The molecule has 0 unspecified atom stereocenters. The molecule has 0 saturated carbocycles. The van der Waals surface area contributed by atoms with Crippen LogP contribution in [0.3, 0.4) is 0 Å². The number of allylic oxidation sites excluding steroid dienone is 8. The van der Waals surface area contributed by atoms with Crippen molar-refractivity contribution in [2.75, 3.05) is 18.0 Å². The highest BCUT2D eigenvalue weighted by atomic mass is 32.2. The van der Waals surface area contributed by atoms with Crippen LogP contribution in [-0.4, -0.2) is 58.5 Å². The number of hydrogen-bond donors (Lipinski definition) is 2. The molecule has 220 valence electrons. The van der Waals surface area contributed by atoms with Crippen molar-refractivity contribution in [1.29, 1.82) is 0 Å². The first kappa shape index (κ1) is 30.7. The van der Waals surface area contributed by atoms with Crippen LogP contribution >= 0.6 is 0 Å². The molecule has 4 rings (SSSR count). The van der Waals surface area contributed by atoms with Crippen molar-refractivity contribution < 1.29 is 37.3 Å². The van der Waals surface area contributed by atoms with Gasteiger partial charge >= 0.3 is 11.9 Å². The van der Waals surface area contributed by atoms with E-state index in [1.807, 2.05) is 55.7 Å². The van der Waals surface area contributed by atoms with Crippen LogP contribution in [-0.2, 0) is 30.5 Å². The minimum atomic E-state index is -4.67. The van der Waals surface area contributed by atoms with Crippen molar-refractivity contribution in [3.8, 4) is 0 Å². The van der Waals surface area contributed by atoms with E-state index in [1.165, 1.54) is 18.2 Å². The number of rotatable bonds is 9. The number of anilines is 1. The van der Waals surface area contributed by atoms with Gasteiger partial charge in [-0.2, -0.15) is 4.58 Å². The van der Waals surface area contributed by atoms with Crippen LogP contribution in [0.1, 0.15) is 44.4 Å². The van der Waals surface area contributed by atoms with Crippen molar-refractivity contribution in [1.82, 2.24) is 0 Å². The predicted molar refractivity (Wildman–Crippen MR) is 160 cm³/mol. The highest BCUT2D eigenvalue weighted by molar-refractivity contribution is 7.85. The van der Waals surface area contributed by atoms with Crippen LogP contribution in [0.2, 0.25) is 0 Å². The van der Waals surface area contributed by atoms with Crippen LogP contribution in [0.5, 0.6) is 0 Å². The Hall–Kier alpha value is -4.28. The van der Waals surface area contributed by atoms with Gasteiger partial charge in [0.2, 0.25) is 12.2 Å². The van der Waals surface area contributed by atoms with Gasteiger partial charge in [-0.05, 0) is 56.7 Å². The van der Waals surface area contributed by atoms with E-state index >= 15 is 0 Å². The average Bonchev–Trinajstić information content (AvgIpc) is 3.20. The number of aliphatic carboxylic acids is 2. The van der Waals surface area contributed by atoms with Gasteiger partial charge in [0.1, 0.15) is 16.7 Å². The number of hydrogen-bond acceptors (Lipinski definition) is 6. The fourth-order valence-corrected chi connectivity index (χ4v) is 6.19. The lowest BCUT2D eigenvalue weighted by atomic mass is 9.81. The molecular formula is C32H34N2O7S. The minimum absolute atomic E-state index is 0.149. The molecule has 2 heterocycles. The van der Waals surface area contributed by atoms with Crippen molar-refractivity contribution in [2.24, 2.45) is 0 Å². The summed E-state index contributed by atoms with van der Waals surface area (Å²) in [5.41, 5.74) is 4.51. The number of carboxylic acids is 2. The van der Waals surface area contributed by atoms with Gasteiger partial charge in [0.05, 0.1) is 10.3 Å². The zero-order valence-electron chi connectivity index (χ0n) is 24.2. The van der Waals surface area contributed by atoms with Crippen LogP contribution < -0.4 is 4.90 Å². The Kier molecular flexibility index (Phi) is 8.17. The number of nitrogens with zero attached hydrogens (tertiary/aromatic N) is 2. The largest absolute Gasteiger partial charge is 0.744 e. The fourth-order valence-electron chi connectivity index (χ4n) is 5.70. The molecular weight excluding hydrogens is 556 g/mol. The zero-order valence-corrected chi connectivity index (χ0v) is 25.0. The molecule has 9 nitrogen and oxygen atoms in total. The summed E-state index contributed by atoms with van der Waals surface area (Å²) in [7, 11) is -4.67. The third-order valence-corrected chi connectivity index (χ3v) is 8.57. The van der Waals surface area contributed by atoms with Crippen molar-refractivity contribution in [3.63, 3.8) is 0 Å². The normalized spacial score (nSPS) is 18.5. The fraction of sp³-hybridized carbons (Fsp3) is 0.281. The van der Waals surface area contributed by atoms with Crippen molar-refractivity contribution in [2.45, 2.75) is 50.3 Å². The topological polar surface area (TPSA) is 138 Å². The van der Waals surface area contributed by atoms with Gasteiger partial charge in [-0.1, -0.05) is 55.9 Å². The van der Waals surface area contributed by atoms with Crippen LogP contribution in [0, 0.1) is 6.92 Å². The molecule has 42 heavy (non-hydrogen) atoms. The highest BCUT2D eigenvalue weighted by Gasteiger charge is 2.45. The summed E-state index contributed by atoms with van der Waals surface area (Å²) in [6.07, 6.45) is 12.7. The summed E-state index contributed by atoms with van der Waals surface area (Å²) < 4.78 is 36.6. The third-order valence-electron chi connectivity index (χ3n) is 7.74. The van der Waals surface area contributed by atoms with Gasteiger partial charge in [-0.15, -0.1) is 0 Å². The van der Waals surface area contributed by atoms with Gasteiger partial charge < -0.3 is 19.7 Å². The minimum Gasteiger partial charge on any atom is -0.744 e. The maximum Gasteiger partial charge on any atom is 0.370 e. The molecule has 0 aromatic heterocycles. The van der Waals surface area contributed by atoms with Gasteiger partial charge in [-0.3, -0.25) is 4.79 Å². The van der Waals surface area contributed by atoms with E-state index in [4.69, 9.17) is 0 Å². The Morgan fingerprint density at radius 3 is 2.21 bits per heavy atom. The first-order valence-electron chi connectivity index (χ1n) is 13.3. The molecule has 2 N–H and O–H groups in total. The lowest BCUT2D eigenvalue weighted by Gasteiger charge is -2.25. The molecule has 0 bridgehead atoms. The van der Waals surface area contributed by atoms with E-state index in [1.54, 1.807) is 29.2 Å². The SMILES string of the molecule is Cc1ccc2c(c1)C(C)(C)C(/C=C/C=C/C=C/C=C1/N(CC(=O)O)c3ccc(S(=O)(=O)[O-])cc3C1(C)C)=[N+]2CC(=O)O. The van der Waals surface area contributed by atoms with E-state index < -0.39 is 27.5 Å². The van der Waals surface area contributed by atoms with Gasteiger partial charge in [-0.25, -0.2) is 13.2 Å². The molecule has 2 aliphatic heterocycles. The van der Waals surface area contributed by atoms with Crippen LogP contribution in [0.25, 0.3) is 0 Å². The first-order chi connectivity index (χ1) is 19.5. The van der Waals surface area contributed by atoms with Crippen molar-refractivity contribution >= 4 is 39.1 Å². The van der Waals surface area contributed by atoms with Gasteiger partial charge in [0.25, 0.3) is 0 Å². The van der Waals surface area contributed by atoms with Gasteiger partial charge in [0.15, 0.2) is 5.71 Å². The Balaban J connectivity index is 1.59. The maximum atomic E-state index is 11.6. The van der Waals surface area contributed by atoms with E-state index in [9.17, 15) is 32.8 Å². The standard InChI is InChI=1S/C32H34N2O7S/c1-21-13-15-25-23(17-21)31(2,3)27(33(25)19-29(35)36)11-9-7-6-8-10-12-28-32(4,5)24-18-22(42(39,40)41)14-16-26(24)34(28)20-30(37)38/h6-18H,19-20H2,1-5H3,(H2-,35,36,37,38,39,40,41). The molecule has 0 saturated heterocycles. The van der Waals surface area contributed by atoms with E-state index in [2.05, 4.69) is 19.9 Å². The molecule has 2 aromatic carbocycles. The van der Waals surface area contributed by atoms with E-state index in [0.717, 1.165) is 22.5 Å². The summed E-state index contributed by atoms with van der Waals surface area (Å²) >= 11 is 0. The molecule has 0 spiro atoms. The molecule has 0 amide bonds. The Labute approximate surface area is 245 Å². The number of aryl methyl sites for hydroxylation is 1. The second kappa shape index (κ2) is 11.2. The van der Waals surface area contributed by atoms with E-state index in [-0.39, 0.29) is 23.4 Å². The van der Waals surface area contributed by atoms with Crippen LogP contribution in [0.4, 0.5) is 11.4 Å². The van der Waals surface area contributed by atoms with Gasteiger partial charge in [0, 0.05) is 34.5 Å². The average molecular weight is 591 g/mol. The summed E-state index contributed by atoms with van der Waals surface area (Å²) in [5, 5.41) is 19.0. The molecule has 2 aromatic rings. The molecule has 0 radical (unpaired) electrons. The molecule has 10 heteroatoms.